The molecular formula is C9H16O2. The number of carbonyl (C=O) groups is 1. The van der Waals surface area contributed by atoms with Crippen LogP contribution in [-0.4, -0.2) is 19.0 Å². The van der Waals surface area contributed by atoms with Crippen LogP contribution in [0.25, 0.3) is 0 Å². The first-order chi connectivity index (χ1) is 5.13. The minimum Gasteiger partial charge on any atom is -0.373 e. The van der Waals surface area contributed by atoms with Crippen LogP contribution in [0.5, 0.6) is 0 Å². The molecule has 0 rings (SSSR count). The van der Waals surface area contributed by atoms with E-state index < -0.39 is 0 Å². The lowest BCUT2D eigenvalue weighted by Gasteiger charge is -2.19. The minimum atomic E-state index is -0.113. The van der Waals surface area contributed by atoms with Gasteiger partial charge < -0.3 is 9.53 Å². The van der Waals surface area contributed by atoms with Crippen LogP contribution >= 0.6 is 0 Å². The number of hydrogen-bond donors (Lipinski definition) is 0. The van der Waals surface area contributed by atoms with Crippen molar-refractivity contribution in [2.45, 2.75) is 26.9 Å². The largest absolute Gasteiger partial charge is 0.373 e. The van der Waals surface area contributed by atoms with Crippen LogP contribution in [-0.2, 0) is 9.53 Å². The van der Waals surface area contributed by atoms with Crippen LogP contribution in [0.2, 0.25) is 0 Å². The molecule has 0 bridgehead atoms. The molecule has 11 heavy (non-hydrogen) atoms. The Morgan fingerprint density at radius 3 is 2.55 bits per heavy atom. The summed E-state index contributed by atoms with van der Waals surface area (Å²) in [6.07, 6.45) is 0.784. The summed E-state index contributed by atoms with van der Waals surface area (Å²) in [5.74, 6) is -0.0903. The van der Waals surface area contributed by atoms with Crippen molar-refractivity contribution in [1.29, 1.82) is 0 Å². The number of rotatable bonds is 5. The number of carbonyl (C=O) groups excluding carboxylic acids is 1. The maximum Gasteiger partial charge on any atom is 0.125 e. The second kappa shape index (κ2) is 5.08. The second-order valence-electron chi connectivity index (χ2n) is 2.72. The first-order valence-electron chi connectivity index (χ1n) is 3.85. The molecule has 2 nitrogen and oxygen atoms in total. The highest BCUT2D eigenvalue weighted by Gasteiger charge is 2.16. The van der Waals surface area contributed by atoms with Gasteiger partial charge in [0.25, 0.3) is 0 Å². The molecule has 64 valence electrons. The van der Waals surface area contributed by atoms with E-state index in [1.165, 1.54) is 0 Å². The van der Waals surface area contributed by atoms with Crippen molar-refractivity contribution in [3.05, 3.63) is 12.2 Å². The predicted molar refractivity (Wildman–Crippen MR) is 45.5 cm³/mol. The lowest BCUT2D eigenvalue weighted by Crippen LogP contribution is -2.23. The van der Waals surface area contributed by atoms with Crippen molar-refractivity contribution in [2.24, 2.45) is 5.92 Å². The second-order valence-corrected chi connectivity index (χ2v) is 2.72. The summed E-state index contributed by atoms with van der Waals surface area (Å²) in [6, 6.07) is 0. The van der Waals surface area contributed by atoms with Crippen molar-refractivity contribution in [2.75, 3.05) is 6.61 Å². The summed E-state index contributed by atoms with van der Waals surface area (Å²) in [4.78, 5) is 10.4. The molecule has 2 unspecified atom stereocenters. The van der Waals surface area contributed by atoms with Gasteiger partial charge in [0.05, 0.1) is 6.10 Å². The van der Waals surface area contributed by atoms with Gasteiger partial charge in [-0.2, -0.15) is 0 Å². The van der Waals surface area contributed by atoms with Gasteiger partial charge in [0, 0.05) is 12.5 Å². The van der Waals surface area contributed by atoms with Crippen LogP contribution in [0.15, 0.2) is 12.2 Å². The molecule has 0 aliphatic carbocycles. The molecule has 0 aromatic rings. The standard InChI is InChI=1S/C9H16O2/c1-5-11-9(7(2)3)8(4)6-10/h6,8-9H,2,5H2,1,3-4H3. The molecule has 0 aromatic carbocycles. The predicted octanol–water partition coefficient (Wildman–Crippen LogP) is 1.80. The Hall–Kier alpha value is -0.630. The molecule has 0 aliphatic heterocycles. The van der Waals surface area contributed by atoms with Gasteiger partial charge in [-0.15, -0.1) is 0 Å². The fourth-order valence-corrected chi connectivity index (χ4v) is 0.994. The van der Waals surface area contributed by atoms with Crippen LogP contribution in [0.3, 0.4) is 0 Å². The summed E-state index contributed by atoms with van der Waals surface area (Å²) in [5.41, 5.74) is 0.909. The zero-order valence-electron chi connectivity index (χ0n) is 7.46. The fourth-order valence-electron chi connectivity index (χ4n) is 0.994. The SMILES string of the molecule is C=C(C)C(OCC)C(C)C=O. The quantitative estimate of drug-likeness (QED) is 0.448. The van der Waals surface area contributed by atoms with Crippen LogP contribution < -0.4 is 0 Å². The van der Waals surface area contributed by atoms with Gasteiger partial charge in [-0.3, -0.25) is 0 Å². The van der Waals surface area contributed by atoms with E-state index in [0.717, 1.165) is 11.9 Å². The molecule has 0 heterocycles. The maximum absolute atomic E-state index is 10.4. The molecular weight excluding hydrogens is 140 g/mol. The van der Waals surface area contributed by atoms with Gasteiger partial charge in [-0.1, -0.05) is 19.1 Å². The van der Waals surface area contributed by atoms with Crippen LogP contribution in [0, 0.1) is 5.92 Å². The first kappa shape index (κ1) is 10.4. The average Bonchev–Trinajstić information content (AvgIpc) is 1.98. The maximum atomic E-state index is 10.4. The van der Waals surface area contributed by atoms with Crippen molar-refractivity contribution in [3.8, 4) is 0 Å². The lowest BCUT2D eigenvalue weighted by atomic mass is 10.0. The molecule has 0 aromatic heterocycles. The van der Waals surface area contributed by atoms with Crippen molar-refractivity contribution >= 4 is 6.29 Å². The van der Waals surface area contributed by atoms with E-state index in [1.54, 1.807) is 0 Å². The average molecular weight is 156 g/mol. The van der Waals surface area contributed by atoms with Crippen LogP contribution in [0.4, 0.5) is 0 Å². The van der Waals surface area contributed by atoms with Gasteiger partial charge in [0.15, 0.2) is 0 Å². The Labute approximate surface area is 68.2 Å². The highest BCUT2D eigenvalue weighted by atomic mass is 16.5. The van der Waals surface area contributed by atoms with Gasteiger partial charge in [0.1, 0.15) is 6.29 Å². The Bertz CT molecular complexity index is 140. The van der Waals surface area contributed by atoms with E-state index in [1.807, 2.05) is 20.8 Å². The third-order valence-corrected chi connectivity index (χ3v) is 1.52. The monoisotopic (exact) mass is 156 g/mol. The van der Waals surface area contributed by atoms with Gasteiger partial charge in [-0.05, 0) is 13.8 Å². The van der Waals surface area contributed by atoms with Crippen LogP contribution in [0.1, 0.15) is 20.8 Å². The smallest absolute Gasteiger partial charge is 0.125 e. The highest BCUT2D eigenvalue weighted by molar-refractivity contribution is 5.54. The third-order valence-electron chi connectivity index (χ3n) is 1.52. The Morgan fingerprint density at radius 2 is 2.27 bits per heavy atom. The molecule has 0 saturated heterocycles. The number of hydrogen-bond acceptors (Lipinski definition) is 2. The summed E-state index contributed by atoms with van der Waals surface area (Å²) < 4.78 is 5.33. The Morgan fingerprint density at radius 1 is 1.73 bits per heavy atom. The number of ether oxygens (including phenoxy) is 1. The topological polar surface area (TPSA) is 26.3 Å². The van der Waals surface area contributed by atoms with Crippen molar-refractivity contribution in [1.82, 2.24) is 0 Å². The molecule has 0 radical (unpaired) electrons. The summed E-state index contributed by atoms with van der Waals surface area (Å²) in [7, 11) is 0. The highest BCUT2D eigenvalue weighted by Crippen LogP contribution is 2.12. The number of aldehydes is 1. The van der Waals surface area contributed by atoms with Gasteiger partial charge in [-0.25, -0.2) is 0 Å². The molecule has 0 N–H and O–H groups in total. The zero-order valence-corrected chi connectivity index (χ0v) is 7.46. The van der Waals surface area contributed by atoms with E-state index in [-0.39, 0.29) is 12.0 Å². The molecule has 0 aliphatic rings. The third kappa shape index (κ3) is 3.33. The van der Waals surface area contributed by atoms with E-state index in [4.69, 9.17) is 4.74 Å². The molecule has 0 fully saturated rings. The van der Waals surface area contributed by atoms with Crippen molar-refractivity contribution < 1.29 is 9.53 Å². The van der Waals surface area contributed by atoms with Gasteiger partial charge >= 0.3 is 0 Å². The molecule has 2 atom stereocenters. The molecule has 0 saturated carbocycles. The summed E-state index contributed by atoms with van der Waals surface area (Å²) >= 11 is 0. The van der Waals surface area contributed by atoms with E-state index in [2.05, 4.69) is 6.58 Å². The minimum absolute atomic E-state index is 0.0903. The Balaban J connectivity index is 4.08. The summed E-state index contributed by atoms with van der Waals surface area (Å²) in [6.45, 7) is 10.0. The zero-order chi connectivity index (χ0) is 8.85. The molecule has 0 amide bonds. The first-order valence-corrected chi connectivity index (χ1v) is 3.85. The molecule has 0 spiro atoms. The fraction of sp³-hybridized carbons (Fsp3) is 0.667. The lowest BCUT2D eigenvalue weighted by molar-refractivity contribution is -0.114. The van der Waals surface area contributed by atoms with Crippen molar-refractivity contribution in [3.63, 3.8) is 0 Å². The Kier molecular flexibility index (Phi) is 4.79. The van der Waals surface area contributed by atoms with E-state index >= 15 is 0 Å². The van der Waals surface area contributed by atoms with E-state index in [0.29, 0.717) is 6.61 Å². The van der Waals surface area contributed by atoms with E-state index in [9.17, 15) is 4.79 Å². The molecule has 2 heteroatoms. The van der Waals surface area contributed by atoms with Gasteiger partial charge in [0.2, 0.25) is 0 Å². The normalized spacial score (nSPS) is 15.5. The summed E-state index contributed by atoms with van der Waals surface area (Å²) in [5, 5.41) is 0.